The quantitative estimate of drug-likeness (QED) is 0.463. The molecule has 0 radical (unpaired) electrons. The Hall–Kier alpha value is -2.71. The summed E-state index contributed by atoms with van der Waals surface area (Å²) in [4.78, 5) is 31.1. The first-order valence-corrected chi connectivity index (χ1v) is 11.4. The van der Waals surface area contributed by atoms with Crippen molar-refractivity contribution < 1.29 is 9.53 Å². The monoisotopic (exact) mass is 439 g/mol. The zero-order valence-electron chi connectivity index (χ0n) is 16.7. The van der Waals surface area contributed by atoms with Gasteiger partial charge in [-0.05, 0) is 36.8 Å². The summed E-state index contributed by atoms with van der Waals surface area (Å²) in [6.07, 6.45) is 0.761. The Labute approximate surface area is 183 Å². The smallest absolute Gasteiger partial charge is 0.272 e. The lowest BCUT2D eigenvalue weighted by atomic mass is 10.2. The van der Waals surface area contributed by atoms with E-state index < -0.39 is 0 Å². The summed E-state index contributed by atoms with van der Waals surface area (Å²) in [5.41, 5.74) is 3.21. The maximum atomic E-state index is 13.2. The van der Waals surface area contributed by atoms with Crippen LogP contribution in [0.3, 0.4) is 0 Å². The highest BCUT2D eigenvalue weighted by Gasteiger charge is 2.23. The van der Waals surface area contributed by atoms with Crippen LogP contribution >= 0.6 is 23.5 Å². The molecule has 8 heteroatoms. The summed E-state index contributed by atoms with van der Waals surface area (Å²) >= 11 is 2.79. The molecule has 1 amide bonds. The van der Waals surface area contributed by atoms with Crippen molar-refractivity contribution in [1.82, 2.24) is 9.55 Å². The van der Waals surface area contributed by atoms with Gasteiger partial charge in [0.2, 0.25) is 5.91 Å². The number of anilines is 1. The summed E-state index contributed by atoms with van der Waals surface area (Å²) in [5, 5.41) is 3.41. The van der Waals surface area contributed by atoms with Gasteiger partial charge in [0.1, 0.15) is 5.75 Å². The molecule has 0 fully saturated rings. The lowest BCUT2D eigenvalue weighted by Gasteiger charge is -2.14. The van der Waals surface area contributed by atoms with E-state index in [2.05, 4.69) is 5.32 Å². The number of carbonyl (C=O) groups is 1. The van der Waals surface area contributed by atoms with E-state index in [1.807, 2.05) is 49.4 Å². The highest BCUT2D eigenvalue weighted by molar-refractivity contribution is 8.00. The van der Waals surface area contributed by atoms with E-state index >= 15 is 0 Å². The normalized spacial score (nSPS) is 12.5. The lowest BCUT2D eigenvalue weighted by Crippen LogP contribution is -2.24. The van der Waals surface area contributed by atoms with Crippen LogP contribution in [0.2, 0.25) is 0 Å². The molecule has 6 nitrogen and oxygen atoms in total. The molecule has 2 heterocycles. The average Bonchev–Trinajstić information content (AvgIpc) is 3.21. The minimum atomic E-state index is -0.146. The van der Waals surface area contributed by atoms with Crippen LogP contribution in [0.4, 0.5) is 5.69 Å². The molecule has 1 aliphatic heterocycles. The second-order valence-corrected chi connectivity index (χ2v) is 8.86. The first-order chi connectivity index (χ1) is 14.5. The third-order valence-electron chi connectivity index (χ3n) is 4.61. The van der Waals surface area contributed by atoms with Crippen molar-refractivity contribution >= 4 is 35.1 Å². The minimum Gasteiger partial charge on any atom is -0.497 e. The number of thioether (sulfide) groups is 2. The van der Waals surface area contributed by atoms with Crippen molar-refractivity contribution in [3.63, 3.8) is 0 Å². The minimum absolute atomic E-state index is 0.0997. The number of amides is 1. The van der Waals surface area contributed by atoms with Gasteiger partial charge in [0, 0.05) is 23.9 Å². The average molecular weight is 440 g/mol. The van der Waals surface area contributed by atoms with Crippen LogP contribution < -0.4 is 15.6 Å². The van der Waals surface area contributed by atoms with Gasteiger partial charge in [-0.1, -0.05) is 30.0 Å². The Balaban J connectivity index is 1.63. The number of rotatable bonds is 6. The number of nitrogens with zero attached hydrogens (tertiary/aromatic N) is 2. The second kappa shape index (κ2) is 8.97. The van der Waals surface area contributed by atoms with Gasteiger partial charge in [-0.15, -0.1) is 11.8 Å². The topological polar surface area (TPSA) is 73.2 Å². The Kier molecular flexibility index (Phi) is 6.15. The molecule has 0 aliphatic carbocycles. The largest absolute Gasteiger partial charge is 0.497 e. The molecule has 1 N–H and O–H groups in total. The molecule has 0 atom stereocenters. The van der Waals surface area contributed by atoms with E-state index in [0.29, 0.717) is 21.5 Å². The zero-order valence-corrected chi connectivity index (χ0v) is 18.3. The summed E-state index contributed by atoms with van der Waals surface area (Å²) in [6.45, 7) is 1.98. The van der Waals surface area contributed by atoms with Gasteiger partial charge < -0.3 is 10.1 Å². The molecule has 0 saturated carbocycles. The number of fused-ring (bicyclic) bond motifs is 1. The summed E-state index contributed by atoms with van der Waals surface area (Å²) in [6, 6.07) is 14.9. The van der Waals surface area contributed by atoms with Crippen LogP contribution in [0, 0.1) is 6.92 Å². The zero-order chi connectivity index (χ0) is 21.1. The SMILES string of the molecule is COc1cccc(-n2c(SCC(=O)Nc3cccc(C)c3)nc3c(c2=O)SCC3)c1. The van der Waals surface area contributed by atoms with Crippen molar-refractivity contribution in [2.75, 3.05) is 23.9 Å². The number of aryl methyl sites for hydroxylation is 2. The lowest BCUT2D eigenvalue weighted by molar-refractivity contribution is -0.113. The van der Waals surface area contributed by atoms with E-state index in [0.717, 1.165) is 29.1 Å². The highest BCUT2D eigenvalue weighted by atomic mass is 32.2. The molecule has 1 aromatic heterocycles. The van der Waals surface area contributed by atoms with E-state index in [-0.39, 0.29) is 17.2 Å². The van der Waals surface area contributed by atoms with Crippen LogP contribution in [0.1, 0.15) is 11.3 Å². The molecular formula is C22H21N3O3S2. The third kappa shape index (κ3) is 4.39. The molecule has 3 aromatic rings. The number of nitrogens with one attached hydrogen (secondary N) is 1. The fourth-order valence-corrected chi connectivity index (χ4v) is 5.07. The number of ether oxygens (including phenoxy) is 1. The Morgan fingerprint density at radius 2 is 2.10 bits per heavy atom. The molecule has 0 saturated heterocycles. The van der Waals surface area contributed by atoms with Gasteiger partial charge in [0.05, 0.1) is 29.1 Å². The van der Waals surface area contributed by atoms with Crippen molar-refractivity contribution in [3.05, 3.63) is 70.1 Å². The number of aromatic nitrogens is 2. The van der Waals surface area contributed by atoms with E-state index in [1.165, 1.54) is 23.5 Å². The molecule has 0 unspecified atom stereocenters. The number of benzene rings is 2. The fourth-order valence-electron chi connectivity index (χ4n) is 3.22. The van der Waals surface area contributed by atoms with Crippen LogP contribution in [-0.2, 0) is 11.2 Å². The number of methoxy groups -OCH3 is 1. The van der Waals surface area contributed by atoms with Gasteiger partial charge >= 0.3 is 0 Å². The van der Waals surface area contributed by atoms with E-state index in [9.17, 15) is 9.59 Å². The van der Waals surface area contributed by atoms with Crippen molar-refractivity contribution in [3.8, 4) is 11.4 Å². The standard InChI is InChI=1S/C22H21N3O3S2/c1-14-5-3-6-15(11-14)23-19(26)13-30-22-24-18-9-10-29-20(18)21(27)25(22)16-7-4-8-17(12-16)28-2/h3-8,11-12H,9-10,13H2,1-2H3,(H,23,26). The van der Waals surface area contributed by atoms with Crippen molar-refractivity contribution in [2.45, 2.75) is 23.4 Å². The Morgan fingerprint density at radius 3 is 2.90 bits per heavy atom. The Bertz CT molecular complexity index is 1160. The first kappa shape index (κ1) is 20.6. The molecule has 0 bridgehead atoms. The third-order valence-corrected chi connectivity index (χ3v) is 6.66. The molecule has 1 aliphatic rings. The summed E-state index contributed by atoms with van der Waals surface area (Å²) in [5.74, 6) is 1.50. The van der Waals surface area contributed by atoms with Gasteiger partial charge in [0.25, 0.3) is 5.56 Å². The Morgan fingerprint density at radius 1 is 1.27 bits per heavy atom. The van der Waals surface area contributed by atoms with Crippen LogP contribution in [-0.4, -0.2) is 34.1 Å². The molecule has 2 aromatic carbocycles. The van der Waals surface area contributed by atoms with Crippen LogP contribution in [0.25, 0.3) is 5.69 Å². The second-order valence-electron chi connectivity index (χ2n) is 6.82. The van der Waals surface area contributed by atoms with Crippen molar-refractivity contribution in [2.24, 2.45) is 0 Å². The maximum Gasteiger partial charge on any atom is 0.272 e. The van der Waals surface area contributed by atoms with Crippen molar-refractivity contribution in [1.29, 1.82) is 0 Å². The molecular weight excluding hydrogens is 418 g/mol. The number of hydrogen-bond acceptors (Lipinski definition) is 6. The number of carbonyl (C=O) groups excluding carboxylic acids is 1. The molecule has 30 heavy (non-hydrogen) atoms. The van der Waals surface area contributed by atoms with Gasteiger partial charge in [0.15, 0.2) is 5.16 Å². The van der Waals surface area contributed by atoms with Crippen LogP contribution in [0.5, 0.6) is 5.75 Å². The predicted molar refractivity (Wildman–Crippen MR) is 121 cm³/mol. The van der Waals surface area contributed by atoms with Gasteiger partial charge in [-0.3, -0.25) is 14.2 Å². The molecule has 4 rings (SSSR count). The number of hydrogen-bond donors (Lipinski definition) is 1. The summed E-state index contributed by atoms with van der Waals surface area (Å²) < 4.78 is 6.88. The summed E-state index contributed by atoms with van der Waals surface area (Å²) in [7, 11) is 1.59. The molecule has 154 valence electrons. The fraction of sp³-hybridized carbons (Fsp3) is 0.227. The van der Waals surface area contributed by atoms with Gasteiger partial charge in [-0.2, -0.15) is 0 Å². The van der Waals surface area contributed by atoms with E-state index in [4.69, 9.17) is 9.72 Å². The first-order valence-electron chi connectivity index (χ1n) is 9.47. The van der Waals surface area contributed by atoms with Gasteiger partial charge in [-0.25, -0.2) is 4.98 Å². The van der Waals surface area contributed by atoms with Crippen LogP contribution in [0.15, 0.2) is 63.4 Å². The highest BCUT2D eigenvalue weighted by Crippen LogP contribution is 2.30. The molecule has 0 spiro atoms. The van der Waals surface area contributed by atoms with E-state index in [1.54, 1.807) is 17.7 Å². The predicted octanol–water partition coefficient (Wildman–Crippen LogP) is 3.93. The maximum absolute atomic E-state index is 13.2.